The van der Waals surface area contributed by atoms with Gasteiger partial charge in [-0.3, -0.25) is 9.59 Å². The fraction of sp³-hybridized carbons (Fsp3) is 0.778. The molecule has 0 fully saturated rings. The van der Waals surface area contributed by atoms with Crippen LogP contribution in [0.5, 0.6) is 0 Å². The summed E-state index contributed by atoms with van der Waals surface area (Å²) in [6.45, 7) is 2.35. The van der Waals surface area contributed by atoms with Crippen LogP contribution in [0.15, 0.2) is 0 Å². The van der Waals surface area contributed by atoms with E-state index in [1.54, 1.807) is 13.8 Å². The standard InChI is InChI=1S/C9H16O4/c1-5-12-7(10)9(3,4)8(11)13-6-2/h5-6H2,1-4H3/i3D,4D. The molecular formula is C9H16O4. The van der Waals surface area contributed by atoms with Gasteiger partial charge in [-0.15, -0.1) is 0 Å². The molecule has 76 valence electrons. The van der Waals surface area contributed by atoms with Crippen molar-refractivity contribution in [3.63, 3.8) is 0 Å². The lowest BCUT2D eigenvalue weighted by molar-refractivity contribution is -0.169. The number of carbonyl (C=O) groups is 2. The number of hydrogen-bond acceptors (Lipinski definition) is 4. The van der Waals surface area contributed by atoms with E-state index < -0.39 is 31.2 Å². The second-order valence-corrected chi connectivity index (χ2v) is 2.52. The van der Waals surface area contributed by atoms with Crippen LogP contribution in [0.1, 0.15) is 30.4 Å². The van der Waals surface area contributed by atoms with E-state index in [-0.39, 0.29) is 13.2 Å². The lowest BCUT2D eigenvalue weighted by Crippen LogP contribution is -2.36. The minimum atomic E-state index is -1.79. The van der Waals surface area contributed by atoms with Crippen molar-refractivity contribution in [2.24, 2.45) is 5.41 Å². The maximum atomic E-state index is 11.5. The first kappa shape index (κ1) is 8.53. The molecule has 13 heavy (non-hydrogen) atoms. The first-order valence-corrected chi connectivity index (χ1v) is 4.02. The van der Waals surface area contributed by atoms with Crippen molar-refractivity contribution < 1.29 is 21.8 Å². The Balaban J connectivity index is 4.86. The van der Waals surface area contributed by atoms with Gasteiger partial charge in [-0.1, -0.05) is 0 Å². The van der Waals surface area contributed by atoms with Crippen LogP contribution < -0.4 is 0 Å². The van der Waals surface area contributed by atoms with Crippen LogP contribution in [-0.4, -0.2) is 25.2 Å². The van der Waals surface area contributed by atoms with Gasteiger partial charge < -0.3 is 9.47 Å². The molecule has 0 aliphatic carbocycles. The lowest BCUT2D eigenvalue weighted by Gasteiger charge is -2.19. The van der Waals surface area contributed by atoms with Gasteiger partial charge >= 0.3 is 11.9 Å². The van der Waals surface area contributed by atoms with E-state index in [9.17, 15) is 9.59 Å². The van der Waals surface area contributed by atoms with Crippen LogP contribution in [0, 0.1) is 5.41 Å². The first-order chi connectivity index (χ1) is 7.08. The molecule has 4 heteroatoms. The molecule has 0 amide bonds. The lowest BCUT2D eigenvalue weighted by atomic mass is 9.94. The van der Waals surface area contributed by atoms with Crippen molar-refractivity contribution in [1.29, 1.82) is 0 Å². The van der Waals surface area contributed by atoms with E-state index in [1.807, 2.05) is 0 Å². The fourth-order valence-electron chi connectivity index (χ4n) is 0.622. The second-order valence-electron chi connectivity index (χ2n) is 2.52. The molecule has 0 atom stereocenters. The minimum absolute atomic E-state index is 0.111. The zero-order valence-electron chi connectivity index (χ0n) is 9.96. The summed E-state index contributed by atoms with van der Waals surface area (Å²) in [5.74, 6) is -1.71. The Morgan fingerprint density at radius 1 is 1.15 bits per heavy atom. The molecule has 0 saturated carbocycles. The minimum Gasteiger partial charge on any atom is -0.465 e. The molecule has 0 N–H and O–H groups in total. The molecule has 0 heterocycles. The third-order valence-electron chi connectivity index (χ3n) is 1.33. The SMILES string of the molecule is [2H]CC(C[2H])(C(=O)OCC)C(=O)OCC. The number of rotatable bonds is 4. The smallest absolute Gasteiger partial charge is 0.322 e. The molecule has 4 nitrogen and oxygen atoms in total. The number of esters is 2. The second kappa shape index (κ2) is 4.84. The summed E-state index contributed by atoms with van der Waals surface area (Å²) in [6.07, 6.45) is 0. The van der Waals surface area contributed by atoms with Crippen molar-refractivity contribution in [3.8, 4) is 0 Å². The summed E-state index contributed by atoms with van der Waals surface area (Å²) >= 11 is 0. The Morgan fingerprint density at radius 3 is 1.77 bits per heavy atom. The van der Waals surface area contributed by atoms with E-state index in [1.165, 1.54) is 0 Å². The largest absolute Gasteiger partial charge is 0.465 e. The molecule has 0 saturated heterocycles. The average molecular weight is 190 g/mol. The summed E-state index contributed by atoms with van der Waals surface area (Å²) in [5, 5.41) is 0. The van der Waals surface area contributed by atoms with Gasteiger partial charge in [0.05, 0.1) is 13.2 Å². The molecule has 0 rings (SSSR count). The molecule has 0 aromatic rings. The van der Waals surface area contributed by atoms with Gasteiger partial charge in [0.15, 0.2) is 5.41 Å². The van der Waals surface area contributed by atoms with Crippen molar-refractivity contribution in [1.82, 2.24) is 0 Å². The molecule has 0 radical (unpaired) electrons. The molecule has 0 aliphatic heterocycles. The normalized spacial score (nSPS) is 12.8. The predicted molar refractivity (Wildman–Crippen MR) is 47.0 cm³/mol. The maximum absolute atomic E-state index is 11.5. The molecule has 0 aliphatic rings. The quantitative estimate of drug-likeness (QED) is 0.492. The van der Waals surface area contributed by atoms with E-state index in [2.05, 4.69) is 9.47 Å². The zero-order chi connectivity index (χ0) is 11.9. The Kier molecular flexibility index (Phi) is 3.18. The van der Waals surface area contributed by atoms with Crippen LogP contribution >= 0.6 is 0 Å². The first-order valence-electron chi connectivity index (χ1n) is 5.43. The van der Waals surface area contributed by atoms with Gasteiger partial charge in [0.1, 0.15) is 0 Å². The summed E-state index contributed by atoms with van der Waals surface area (Å²) in [6, 6.07) is 0. The predicted octanol–water partition coefficient (Wildman–Crippen LogP) is 1.14. The van der Waals surface area contributed by atoms with Crippen LogP contribution in [0.3, 0.4) is 0 Å². The van der Waals surface area contributed by atoms with Gasteiger partial charge in [0, 0.05) is 2.74 Å². The van der Waals surface area contributed by atoms with Crippen LogP contribution in [0.2, 0.25) is 0 Å². The molecule has 0 spiro atoms. The van der Waals surface area contributed by atoms with E-state index in [4.69, 9.17) is 2.74 Å². The Bertz CT molecular complexity index is 206. The average Bonchev–Trinajstić information content (AvgIpc) is 2.21. The number of carbonyl (C=O) groups excluding carboxylic acids is 2. The summed E-state index contributed by atoms with van der Waals surface area (Å²) < 4.78 is 23.8. The van der Waals surface area contributed by atoms with Gasteiger partial charge in [0.2, 0.25) is 0 Å². The zero-order valence-corrected chi connectivity index (χ0v) is 7.96. The third kappa shape index (κ3) is 3.05. The summed E-state index contributed by atoms with van der Waals surface area (Å²) in [5.41, 5.74) is -1.79. The highest BCUT2D eigenvalue weighted by Gasteiger charge is 2.38. The molecule has 0 bridgehead atoms. The van der Waals surface area contributed by atoms with Crippen LogP contribution in [-0.2, 0) is 19.1 Å². The van der Waals surface area contributed by atoms with Gasteiger partial charge in [-0.05, 0) is 27.6 Å². The maximum Gasteiger partial charge on any atom is 0.322 e. The molecule has 0 aromatic heterocycles. The van der Waals surface area contributed by atoms with Crippen molar-refractivity contribution in [3.05, 3.63) is 0 Å². The molecule has 0 aromatic carbocycles. The highest BCUT2D eigenvalue weighted by atomic mass is 16.6. The Hall–Kier alpha value is -1.06. The van der Waals surface area contributed by atoms with E-state index in [0.717, 1.165) is 0 Å². The van der Waals surface area contributed by atoms with Gasteiger partial charge in [-0.2, -0.15) is 0 Å². The monoisotopic (exact) mass is 190 g/mol. The summed E-state index contributed by atoms with van der Waals surface area (Å²) in [7, 11) is 0. The van der Waals surface area contributed by atoms with Crippen LogP contribution in [0.25, 0.3) is 0 Å². The van der Waals surface area contributed by atoms with Crippen molar-refractivity contribution >= 4 is 11.9 Å². The van der Waals surface area contributed by atoms with Crippen LogP contribution in [0.4, 0.5) is 0 Å². The van der Waals surface area contributed by atoms with E-state index >= 15 is 0 Å². The third-order valence-corrected chi connectivity index (χ3v) is 1.33. The van der Waals surface area contributed by atoms with E-state index in [0.29, 0.717) is 0 Å². The topological polar surface area (TPSA) is 52.6 Å². The number of ether oxygens (including phenoxy) is 2. The Morgan fingerprint density at radius 2 is 1.54 bits per heavy atom. The number of hydrogen-bond donors (Lipinski definition) is 0. The molecular weight excluding hydrogens is 172 g/mol. The van der Waals surface area contributed by atoms with Gasteiger partial charge in [0.25, 0.3) is 0 Å². The summed E-state index contributed by atoms with van der Waals surface area (Å²) in [4.78, 5) is 23.0. The Labute approximate surface area is 81.0 Å². The van der Waals surface area contributed by atoms with Gasteiger partial charge in [-0.25, -0.2) is 0 Å². The molecule has 0 unspecified atom stereocenters. The van der Waals surface area contributed by atoms with Crippen molar-refractivity contribution in [2.75, 3.05) is 13.2 Å². The van der Waals surface area contributed by atoms with Crippen molar-refractivity contribution in [2.45, 2.75) is 27.6 Å². The highest BCUT2D eigenvalue weighted by Crippen LogP contribution is 2.19. The fourth-order valence-corrected chi connectivity index (χ4v) is 0.622. The highest BCUT2D eigenvalue weighted by molar-refractivity contribution is 5.99.